The Hall–Kier alpha value is -1.19. The van der Waals surface area contributed by atoms with Gasteiger partial charge < -0.3 is 9.73 Å². The lowest BCUT2D eigenvalue weighted by Gasteiger charge is -2.33. The van der Waals surface area contributed by atoms with Crippen molar-refractivity contribution in [2.24, 2.45) is 0 Å². The molecule has 2 unspecified atom stereocenters. The molecule has 2 atom stereocenters. The fourth-order valence-corrected chi connectivity index (χ4v) is 4.14. The van der Waals surface area contributed by atoms with E-state index in [0.29, 0.717) is 11.3 Å². The third kappa shape index (κ3) is 2.72. The first-order chi connectivity index (χ1) is 9.38. The van der Waals surface area contributed by atoms with E-state index in [2.05, 4.69) is 42.7 Å². The number of fused-ring (bicyclic) bond motifs is 1. The van der Waals surface area contributed by atoms with E-state index in [1.54, 1.807) is 6.26 Å². The van der Waals surface area contributed by atoms with E-state index < -0.39 is 0 Å². The number of furan rings is 1. The predicted octanol–water partition coefficient (Wildman–Crippen LogP) is 3.79. The molecule has 1 aliphatic rings. The van der Waals surface area contributed by atoms with E-state index in [4.69, 9.17) is 4.42 Å². The molecule has 1 N–H and O–H groups in total. The molecule has 1 heterocycles. The number of rotatable bonds is 4. The molecular weight excluding hydrogens is 254 g/mol. The first kappa shape index (κ1) is 12.8. The summed E-state index contributed by atoms with van der Waals surface area (Å²) < 4.78 is 5.42. The van der Waals surface area contributed by atoms with Crippen LogP contribution in [0, 0.1) is 0 Å². The lowest BCUT2D eigenvalue weighted by molar-refractivity contribution is 0.506. The molecule has 3 rings (SSSR count). The zero-order valence-electron chi connectivity index (χ0n) is 11.1. The Morgan fingerprint density at radius 2 is 2.16 bits per heavy atom. The summed E-state index contributed by atoms with van der Waals surface area (Å²) in [5, 5.41) is 4.10. The smallest absolute Gasteiger partial charge is 0.113 e. The maximum Gasteiger partial charge on any atom is 0.113 e. The predicted molar refractivity (Wildman–Crippen MR) is 80.4 cm³/mol. The standard InChI is InChI=1S/C16H19NOS/c1-17-16-14-7-3-2-5-12(14)8-9-15(16)19-11-13-6-4-10-18-13/h2-7,10,15-17H,8-9,11H2,1H3. The van der Waals surface area contributed by atoms with Crippen LogP contribution in [-0.4, -0.2) is 12.3 Å². The van der Waals surface area contributed by atoms with Crippen molar-refractivity contribution in [2.45, 2.75) is 29.9 Å². The molecular formula is C16H19NOS. The quantitative estimate of drug-likeness (QED) is 0.917. The van der Waals surface area contributed by atoms with Crippen molar-refractivity contribution in [3.05, 3.63) is 59.5 Å². The highest BCUT2D eigenvalue weighted by Crippen LogP contribution is 2.37. The zero-order valence-corrected chi connectivity index (χ0v) is 12.0. The molecule has 1 aromatic carbocycles. The molecule has 2 aromatic rings. The first-order valence-corrected chi connectivity index (χ1v) is 7.82. The maximum atomic E-state index is 5.42. The molecule has 0 fully saturated rings. The van der Waals surface area contributed by atoms with Crippen LogP contribution in [0.2, 0.25) is 0 Å². The minimum absolute atomic E-state index is 0.449. The van der Waals surface area contributed by atoms with Gasteiger partial charge in [0.05, 0.1) is 12.0 Å². The van der Waals surface area contributed by atoms with Crippen LogP contribution in [0.1, 0.15) is 29.3 Å². The summed E-state index contributed by atoms with van der Waals surface area (Å²) in [5.74, 6) is 2.02. The van der Waals surface area contributed by atoms with Crippen molar-refractivity contribution in [1.29, 1.82) is 0 Å². The molecule has 1 aromatic heterocycles. The molecule has 3 heteroatoms. The number of hydrogen-bond acceptors (Lipinski definition) is 3. The number of nitrogens with one attached hydrogen (secondary N) is 1. The van der Waals surface area contributed by atoms with E-state index >= 15 is 0 Å². The zero-order chi connectivity index (χ0) is 13.1. The van der Waals surface area contributed by atoms with Gasteiger partial charge in [-0.15, -0.1) is 11.8 Å². The van der Waals surface area contributed by atoms with E-state index in [9.17, 15) is 0 Å². The van der Waals surface area contributed by atoms with Crippen molar-refractivity contribution in [3.63, 3.8) is 0 Å². The van der Waals surface area contributed by atoms with Gasteiger partial charge in [-0.3, -0.25) is 0 Å². The minimum Gasteiger partial charge on any atom is -0.468 e. The summed E-state index contributed by atoms with van der Waals surface area (Å²) in [6.07, 6.45) is 4.17. The van der Waals surface area contributed by atoms with Gasteiger partial charge in [0, 0.05) is 11.3 Å². The summed E-state index contributed by atoms with van der Waals surface area (Å²) >= 11 is 2.00. The van der Waals surface area contributed by atoms with Crippen LogP contribution in [-0.2, 0) is 12.2 Å². The summed E-state index contributed by atoms with van der Waals surface area (Å²) in [4.78, 5) is 0. The van der Waals surface area contributed by atoms with Crippen LogP contribution in [0.15, 0.2) is 47.1 Å². The van der Waals surface area contributed by atoms with Crippen molar-refractivity contribution in [1.82, 2.24) is 5.32 Å². The Morgan fingerprint density at radius 1 is 1.26 bits per heavy atom. The molecule has 1 aliphatic carbocycles. The molecule has 0 saturated heterocycles. The van der Waals surface area contributed by atoms with Crippen LogP contribution in [0.4, 0.5) is 0 Å². The topological polar surface area (TPSA) is 25.2 Å². The second kappa shape index (κ2) is 5.85. The van der Waals surface area contributed by atoms with Crippen molar-refractivity contribution in [2.75, 3.05) is 7.05 Å². The molecule has 0 saturated carbocycles. The van der Waals surface area contributed by atoms with Crippen LogP contribution in [0.25, 0.3) is 0 Å². The highest BCUT2D eigenvalue weighted by Gasteiger charge is 2.28. The molecule has 0 radical (unpaired) electrons. The average Bonchev–Trinajstić information content (AvgIpc) is 2.97. The summed E-state index contributed by atoms with van der Waals surface area (Å²) in [6.45, 7) is 0. The molecule has 0 bridgehead atoms. The highest BCUT2D eigenvalue weighted by atomic mass is 32.2. The first-order valence-electron chi connectivity index (χ1n) is 6.77. The molecule has 2 nitrogen and oxygen atoms in total. The Balaban J connectivity index is 1.73. The number of benzene rings is 1. The van der Waals surface area contributed by atoms with Crippen LogP contribution in [0.5, 0.6) is 0 Å². The van der Waals surface area contributed by atoms with Crippen LogP contribution >= 0.6 is 11.8 Å². The van der Waals surface area contributed by atoms with Gasteiger partial charge in [-0.2, -0.15) is 0 Å². The van der Waals surface area contributed by atoms with Gasteiger partial charge >= 0.3 is 0 Å². The van der Waals surface area contributed by atoms with Gasteiger partial charge in [-0.25, -0.2) is 0 Å². The Bertz CT molecular complexity index is 523. The number of hydrogen-bond donors (Lipinski definition) is 1. The third-order valence-electron chi connectivity index (χ3n) is 3.79. The summed E-state index contributed by atoms with van der Waals surface area (Å²) in [6, 6.07) is 13.3. The summed E-state index contributed by atoms with van der Waals surface area (Å²) in [5.41, 5.74) is 2.96. The average molecular weight is 273 g/mol. The fourth-order valence-electron chi connectivity index (χ4n) is 2.83. The fraction of sp³-hybridized carbons (Fsp3) is 0.375. The van der Waals surface area contributed by atoms with Gasteiger partial charge in [0.1, 0.15) is 5.76 Å². The van der Waals surface area contributed by atoms with Crippen molar-refractivity contribution in [3.8, 4) is 0 Å². The number of thioether (sulfide) groups is 1. The molecule has 100 valence electrons. The molecule has 0 aliphatic heterocycles. The van der Waals surface area contributed by atoms with Gasteiger partial charge in [0.25, 0.3) is 0 Å². The van der Waals surface area contributed by atoms with E-state index in [1.807, 2.05) is 17.8 Å². The van der Waals surface area contributed by atoms with Crippen LogP contribution in [0.3, 0.4) is 0 Å². The Morgan fingerprint density at radius 3 is 2.95 bits per heavy atom. The Labute approximate surface area is 118 Å². The second-order valence-corrected chi connectivity index (χ2v) is 6.16. The van der Waals surface area contributed by atoms with Crippen molar-refractivity contribution >= 4 is 11.8 Å². The molecule has 19 heavy (non-hydrogen) atoms. The van der Waals surface area contributed by atoms with Gasteiger partial charge in [-0.05, 0) is 43.1 Å². The van der Waals surface area contributed by atoms with E-state index in [-0.39, 0.29) is 0 Å². The largest absolute Gasteiger partial charge is 0.468 e. The van der Waals surface area contributed by atoms with Gasteiger partial charge in [0.2, 0.25) is 0 Å². The van der Waals surface area contributed by atoms with Gasteiger partial charge in [-0.1, -0.05) is 24.3 Å². The monoisotopic (exact) mass is 273 g/mol. The third-order valence-corrected chi connectivity index (χ3v) is 5.18. The van der Waals surface area contributed by atoms with E-state index in [1.165, 1.54) is 24.0 Å². The SMILES string of the molecule is CNC1c2ccccc2CCC1SCc1ccco1. The lowest BCUT2D eigenvalue weighted by atomic mass is 9.87. The maximum absolute atomic E-state index is 5.42. The van der Waals surface area contributed by atoms with Crippen LogP contribution < -0.4 is 5.32 Å². The summed E-state index contributed by atoms with van der Waals surface area (Å²) in [7, 11) is 2.06. The Kier molecular flexibility index (Phi) is 3.95. The second-order valence-electron chi connectivity index (χ2n) is 4.93. The molecule has 0 spiro atoms. The number of aryl methyl sites for hydroxylation is 1. The lowest BCUT2D eigenvalue weighted by Crippen LogP contribution is -2.32. The highest BCUT2D eigenvalue weighted by molar-refractivity contribution is 7.99. The van der Waals surface area contributed by atoms with E-state index in [0.717, 1.165) is 11.5 Å². The van der Waals surface area contributed by atoms with Crippen molar-refractivity contribution < 1.29 is 4.42 Å². The minimum atomic E-state index is 0.449. The van der Waals surface area contributed by atoms with Gasteiger partial charge in [0.15, 0.2) is 0 Å². The normalized spacial score (nSPS) is 22.2. The molecule has 0 amide bonds.